The lowest BCUT2D eigenvalue weighted by Crippen LogP contribution is -1.94. The lowest BCUT2D eigenvalue weighted by molar-refractivity contribution is 0.145. The number of aromatic nitrogens is 1. The minimum Gasteiger partial charge on any atom is -0.239 e. The fourth-order valence-corrected chi connectivity index (χ4v) is 1.03. The number of pyridine rings is 1. The maximum absolute atomic E-state index is 12.2. The molecule has 0 aliphatic rings. The maximum atomic E-state index is 12.2. The monoisotopic (exact) mass is 232 g/mol. The number of hydrogen-bond donors (Lipinski definition) is 0. The van der Waals surface area contributed by atoms with E-state index in [1.54, 1.807) is 6.07 Å². The van der Waals surface area contributed by atoms with Crippen LogP contribution in [0.15, 0.2) is 16.7 Å². The molecule has 2 nitrogen and oxygen atoms in total. The van der Waals surface area contributed by atoms with Crippen molar-refractivity contribution in [3.8, 4) is 6.07 Å². The molecule has 1 aromatic rings. The van der Waals surface area contributed by atoms with Crippen LogP contribution >= 0.6 is 15.9 Å². The molecule has 0 unspecified atom stereocenters. The molecule has 0 atom stereocenters. The molecule has 0 aliphatic heterocycles. The minimum absolute atomic E-state index is 0.0896. The topological polar surface area (TPSA) is 36.7 Å². The molecule has 62 valence electrons. The van der Waals surface area contributed by atoms with Gasteiger partial charge in [0, 0.05) is 0 Å². The van der Waals surface area contributed by atoms with Gasteiger partial charge in [-0.3, -0.25) is 0 Å². The smallest absolute Gasteiger partial charge is 0.239 e. The molecule has 0 amide bonds. The Morgan fingerprint density at radius 1 is 1.50 bits per heavy atom. The lowest BCUT2D eigenvalue weighted by Gasteiger charge is -2.00. The molecule has 1 rings (SSSR count). The summed E-state index contributed by atoms with van der Waals surface area (Å²) in [5, 5.41) is 8.42. The highest BCUT2D eigenvalue weighted by Crippen LogP contribution is 2.22. The van der Waals surface area contributed by atoms with E-state index in [4.69, 9.17) is 5.26 Å². The molecule has 0 aromatic carbocycles. The van der Waals surface area contributed by atoms with Crippen molar-refractivity contribution in [3.05, 3.63) is 28.0 Å². The highest BCUT2D eigenvalue weighted by Gasteiger charge is 2.14. The SMILES string of the molecule is N#Cc1ccc(Br)nc1C(F)F. The van der Waals surface area contributed by atoms with E-state index in [0.717, 1.165) is 0 Å². The van der Waals surface area contributed by atoms with Crippen LogP contribution in [0, 0.1) is 11.3 Å². The standard InChI is InChI=1S/C7H3BrF2N2/c8-5-2-1-4(3-11)6(12-5)7(9)10/h1-2,7H. The van der Waals surface area contributed by atoms with E-state index in [1.165, 1.54) is 12.1 Å². The molecular weight excluding hydrogens is 230 g/mol. The molecule has 0 radical (unpaired) electrons. The summed E-state index contributed by atoms with van der Waals surface area (Å²) in [6.07, 6.45) is -2.71. The third-order valence-corrected chi connectivity index (χ3v) is 1.66. The number of hydrogen-bond acceptors (Lipinski definition) is 2. The summed E-state index contributed by atoms with van der Waals surface area (Å²) in [7, 11) is 0. The average Bonchev–Trinajstić information content (AvgIpc) is 2.04. The Morgan fingerprint density at radius 3 is 2.67 bits per heavy atom. The van der Waals surface area contributed by atoms with Gasteiger partial charge in [0.1, 0.15) is 16.4 Å². The van der Waals surface area contributed by atoms with Crippen LogP contribution in [-0.4, -0.2) is 4.98 Å². The average molecular weight is 233 g/mol. The Hall–Kier alpha value is -1.02. The molecule has 0 aliphatic carbocycles. The first-order valence-corrected chi connectivity index (χ1v) is 3.79. The molecule has 0 saturated heterocycles. The maximum Gasteiger partial charge on any atom is 0.281 e. The van der Waals surface area contributed by atoms with E-state index in [1.807, 2.05) is 0 Å². The minimum atomic E-state index is -2.71. The fourth-order valence-electron chi connectivity index (χ4n) is 0.711. The second-order valence-corrected chi connectivity index (χ2v) is 2.79. The van der Waals surface area contributed by atoms with Crippen molar-refractivity contribution in [2.24, 2.45) is 0 Å². The van der Waals surface area contributed by atoms with Gasteiger partial charge in [-0.2, -0.15) is 5.26 Å². The van der Waals surface area contributed by atoms with E-state index in [0.29, 0.717) is 4.60 Å². The predicted molar refractivity (Wildman–Crippen MR) is 41.6 cm³/mol. The Bertz CT molecular complexity index is 333. The van der Waals surface area contributed by atoms with Crippen molar-refractivity contribution in [2.75, 3.05) is 0 Å². The second-order valence-electron chi connectivity index (χ2n) is 1.98. The Balaban J connectivity index is 3.24. The summed E-state index contributed by atoms with van der Waals surface area (Å²) < 4.78 is 24.6. The highest BCUT2D eigenvalue weighted by molar-refractivity contribution is 9.10. The molecule has 5 heteroatoms. The molecule has 1 aromatic heterocycles. The Kier molecular flexibility index (Phi) is 2.71. The van der Waals surface area contributed by atoms with Crippen LogP contribution in [0.2, 0.25) is 0 Å². The van der Waals surface area contributed by atoms with Gasteiger partial charge in [-0.25, -0.2) is 13.8 Å². The van der Waals surface area contributed by atoms with E-state index < -0.39 is 12.1 Å². The molecule has 12 heavy (non-hydrogen) atoms. The number of halogens is 3. The predicted octanol–water partition coefficient (Wildman–Crippen LogP) is 2.65. The van der Waals surface area contributed by atoms with E-state index in [9.17, 15) is 8.78 Å². The largest absolute Gasteiger partial charge is 0.281 e. The summed E-state index contributed by atoms with van der Waals surface area (Å²) >= 11 is 2.94. The normalized spacial score (nSPS) is 9.92. The van der Waals surface area contributed by atoms with Gasteiger partial charge in [0.15, 0.2) is 0 Å². The van der Waals surface area contributed by atoms with Crippen LogP contribution in [0.4, 0.5) is 8.78 Å². The number of nitrogens with zero attached hydrogens (tertiary/aromatic N) is 2. The number of alkyl halides is 2. The first-order valence-electron chi connectivity index (χ1n) is 3.00. The van der Waals surface area contributed by atoms with Crippen molar-refractivity contribution in [3.63, 3.8) is 0 Å². The van der Waals surface area contributed by atoms with Gasteiger partial charge in [-0.15, -0.1) is 0 Å². The third-order valence-electron chi connectivity index (χ3n) is 1.22. The summed E-state index contributed by atoms with van der Waals surface area (Å²) in [6.45, 7) is 0. The lowest BCUT2D eigenvalue weighted by atomic mass is 10.2. The molecule has 0 spiro atoms. The van der Waals surface area contributed by atoms with Crippen molar-refractivity contribution < 1.29 is 8.78 Å². The van der Waals surface area contributed by atoms with E-state index in [2.05, 4.69) is 20.9 Å². The zero-order valence-electron chi connectivity index (χ0n) is 5.76. The number of nitriles is 1. The fraction of sp³-hybridized carbons (Fsp3) is 0.143. The van der Waals surface area contributed by atoms with Crippen molar-refractivity contribution in [2.45, 2.75) is 6.43 Å². The van der Waals surface area contributed by atoms with Gasteiger partial charge >= 0.3 is 0 Å². The molecule has 0 saturated carbocycles. The molecule has 0 N–H and O–H groups in total. The van der Waals surface area contributed by atoms with Crippen molar-refractivity contribution in [1.29, 1.82) is 5.26 Å². The zero-order chi connectivity index (χ0) is 9.14. The van der Waals surface area contributed by atoms with Crippen LogP contribution in [0.25, 0.3) is 0 Å². The highest BCUT2D eigenvalue weighted by atomic mass is 79.9. The summed E-state index contributed by atoms with van der Waals surface area (Å²) in [4.78, 5) is 3.49. The van der Waals surface area contributed by atoms with Gasteiger partial charge in [-0.1, -0.05) is 0 Å². The van der Waals surface area contributed by atoms with Crippen LogP contribution in [0.1, 0.15) is 17.7 Å². The summed E-state index contributed by atoms with van der Waals surface area (Å²) in [6, 6.07) is 4.39. The van der Waals surface area contributed by atoms with Crippen LogP contribution < -0.4 is 0 Å². The first-order chi connectivity index (χ1) is 5.65. The molecule has 0 fully saturated rings. The van der Waals surface area contributed by atoms with Crippen molar-refractivity contribution in [1.82, 2.24) is 4.98 Å². The summed E-state index contributed by atoms with van der Waals surface area (Å²) in [5.74, 6) is 0. The van der Waals surface area contributed by atoms with Gasteiger partial charge < -0.3 is 0 Å². The molecule has 0 bridgehead atoms. The molecule has 1 heterocycles. The van der Waals surface area contributed by atoms with Gasteiger partial charge in [0.25, 0.3) is 6.43 Å². The summed E-state index contributed by atoms with van der Waals surface area (Å²) in [5.41, 5.74) is -0.569. The Morgan fingerprint density at radius 2 is 2.17 bits per heavy atom. The quantitative estimate of drug-likeness (QED) is 0.699. The van der Waals surface area contributed by atoms with Crippen LogP contribution in [0.3, 0.4) is 0 Å². The zero-order valence-corrected chi connectivity index (χ0v) is 7.35. The van der Waals surface area contributed by atoms with Gasteiger partial charge in [0.2, 0.25) is 0 Å². The number of rotatable bonds is 1. The van der Waals surface area contributed by atoms with Crippen molar-refractivity contribution >= 4 is 15.9 Å². The first kappa shape index (κ1) is 9.07. The van der Waals surface area contributed by atoms with E-state index in [-0.39, 0.29) is 5.56 Å². The third kappa shape index (κ3) is 1.77. The van der Waals surface area contributed by atoms with Crippen LogP contribution in [-0.2, 0) is 0 Å². The van der Waals surface area contributed by atoms with Gasteiger partial charge in [0.05, 0.1) is 5.56 Å². The molecular formula is C7H3BrF2N2. The Labute approximate surface area is 76.0 Å². The van der Waals surface area contributed by atoms with Gasteiger partial charge in [-0.05, 0) is 28.1 Å². The van der Waals surface area contributed by atoms with Crippen LogP contribution in [0.5, 0.6) is 0 Å². The van der Waals surface area contributed by atoms with E-state index >= 15 is 0 Å². The second kappa shape index (κ2) is 3.59.